The second-order valence-electron chi connectivity index (χ2n) is 5.32. The Balaban J connectivity index is 2.11. The first-order chi connectivity index (χ1) is 12.8. The van der Waals surface area contributed by atoms with Crippen LogP contribution < -0.4 is 10.1 Å². The average molecular weight is 420 g/mol. The van der Waals surface area contributed by atoms with Gasteiger partial charge in [0.1, 0.15) is 12.4 Å². The van der Waals surface area contributed by atoms with Crippen molar-refractivity contribution < 1.29 is 27.4 Å². The summed E-state index contributed by atoms with van der Waals surface area (Å²) in [4.78, 5) is 12.9. The van der Waals surface area contributed by atoms with E-state index in [1.54, 1.807) is 24.3 Å². The van der Waals surface area contributed by atoms with E-state index in [4.69, 9.17) is 21.1 Å². The number of hydrogen-bond acceptors (Lipinski definition) is 4. The molecule has 9 heteroatoms. The lowest BCUT2D eigenvalue weighted by atomic mass is 10.1. The molecule has 2 rings (SSSR count). The first-order valence-corrected chi connectivity index (χ1v) is 9.18. The summed E-state index contributed by atoms with van der Waals surface area (Å²) in [5, 5.41) is 2.97. The quantitative estimate of drug-likeness (QED) is 0.477. The lowest BCUT2D eigenvalue weighted by molar-refractivity contribution is -0.137. The monoisotopic (exact) mass is 419 g/mol. The Morgan fingerprint density at radius 1 is 1.19 bits per heavy atom. The predicted molar refractivity (Wildman–Crippen MR) is 99.6 cm³/mol. The SMILES string of the molecule is COCCOc1ccc(C(F)(F)F)cc1NC(=O)CSc1ccccc1Cl. The highest BCUT2D eigenvalue weighted by atomic mass is 35.5. The third-order valence-electron chi connectivity index (χ3n) is 3.32. The fourth-order valence-electron chi connectivity index (χ4n) is 2.06. The molecule has 1 N–H and O–H groups in total. The number of thioether (sulfide) groups is 1. The van der Waals surface area contributed by atoms with Gasteiger partial charge >= 0.3 is 6.18 Å². The Hall–Kier alpha value is -1.90. The van der Waals surface area contributed by atoms with Crippen molar-refractivity contribution in [2.24, 2.45) is 0 Å². The van der Waals surface area contributed by atoms with Crippen LogP contribution in [0.2, 0.25) is 5.02 Å². The third kappa shape index (κ3) is 6.64. The highest BCUT2D eigenvalue weighted by Crippen LogP contribution is 2.35. The van der Waals surface area contributed by atoms with E-state index in [0.29, 0.717) is 9.92 Å². The van der Waals surface area contributed by atoms with Crippen LogP contribution in [0.3, 0.4) is 0 Å². The molecule has 146 valence electrons. The summed E-state index contributed by atoms with van der Waals surface area (Å²) in [5.74, 6) is -0.357. The minimum atomic E-state index is -4.53. The zero-order chi connectivity index (χ0) is 19.9. The van der Waals surface area contributed by atoms with Crippen molar-refractivity contribution in [3.63, 3.8) is 0 Å². The highest BCUT2D eigenvalue weighted by Gasteiger charge is 2.31. The van der Waals surface area contributed by atoms with E-state index in [1.807, 2.05) is 0 Å². The van der Waals surface area contributed by atoms with Gasteiger partial charge in [-0.25, -0.2) is 0 Å². The summed E-state index contributed by atoms with van der Waals surface area (Å²) in [7, 11) is 1.48. The number of halogens is 4. The first-order valence-electron chi connectivity index (χ1n) is 7.81. The minimum Gasteiger partial charge on any atom is -0.489 e. The van der Waals surface area contributed by atoms with Crippen LogP contribution in [0.1, 0.15) is 5.56 Å². The Bertz CT molecular complexity index is 787. The molecular formula is C18H17ClF3NO3S. The molecule has 0 bridgehead atoms. The summed E-state index contributed by atoms with van der Waals surface area (Å²) in [6, 6.07) is 9.91. The molecule has 0 saturated carbocycles. The van der Waals surface area contributed by atoms with E-state index in [9.17, 15) is 18.0 Å². The number of nitrogens with one attached hydrogen (secondary N) is 1. The van der Waals surface area contributed by atoms with Gasteiger partial charge in [0.05, 0.1) is 28.6 Å². The van der Waals surface area contributed by atoms with E-state index in [-0.39, 0.29) is 30.4 Å². The second-order valence-corrected chi connectivity index (χ2v) is 6.74. The smallest absolute Gasteiger partial charge is 0.416 e. The maximum Gasteiger partial charge on any atom is 0.416 e. The number of alkyl halides is 3. The van der Waals surface area contributed by atoms with Crippen LogP contribution in [0.5, 0.6) is 5.75 Å². The van der Waals surface area contributed by atoms with Crippen molar-refractivity contribution in [1.82, 2.24) is 0 Å². The lowest BCUT2D eigenvalue weighted by Crippen LogP contribution is -2.17. The number of carbonyl (C=O) groups is 1. The van der Waals surface area contributed by atoms with Crippen molar-refractivity contribution in [1.29, 1.82) is 0 Å². The molecule has 4 nitrogen and oxygen atoms in total. The van der Waals surface area contributed by atoms with Crippen molar-refractivity contribution >= 4 is 35.0 Å². The largest absolute Gasteiger partial charge is 0.489 e. The fourth-order valence-corrected chi connectivity index (χ4v) is 3.10. The van der Waals surface area contributed by atoms with Gasteiger partial charge in [0, 0.05) is 12.0 Å². The van der Waals surface area contributed by atoms with Crippen molar-refractivity contribution in [2.75, 3.05) is 31.4 Å². The number of anilines is 1. The Morgan fingerprint density at radius 2 is 1.93 bits per heavy atom. The summed E-state index contributed by atoms with van der Waals surface area (Å²) >= 11 is 7.21. The van der Waals surface area contributed by atoms with E-state index in [1.165, 1.54) is 24.9 Å². The molecule has 0 aromatic heterocycles. The van der Waals surface area contributed by atoms with Gasteiger partial charge in [-0.05, 0) is 30.3 Å². The molecule has 1 amide bonds. The summed E-state index contributed by atoms with van der Waals surface area (Å²) in [6.07, 6.45) is -4.53. The normalized spacial score (nSPS) is 11.3. The molecule has 27 heavy (non-hydrogen) atoms. The minimum absolute atomic E-state index is 0.0164. The van der Waals surface area contributed by atoms with Crippen LogP contribution in [0.25, 0.3) is 0 Å². The highest BCUT2D eigenvalue weighted by molar-refractivity contribution is 8.00. The molecule has 2 aromatic rings. The van der Waals surface area contributed by atoms with Crippen LogP contribution >= 0.6 is 23.4 Å². The van der Waals surface area contributed by atoms with Crippen LogP contribution in [-0.4, -0.2) is 32.0 Å². The van der Waals surface area contributed by atoms with Crippen molar-refractivity contribution in [3.8, 4) is 5.75 Å². The van der Waals surface area contributed by atoms with Gasteiger partial charge in [-0.15, -0.1) is 11.8 Å². The van der Waals surface area contributed by atoms with Gasteiger partial charge in [0.15, 0.2) is 0 Å². The molecule has 0 unspecified atom stereocenters. The zero-order valence-corrected chi connectivity index (χ0v) is 15.9. The van der Waals surface area contributed by atoms with Crippen molar-refractivity contribution in [3.05, 3.63) is 53.1 Å². The Labute approximate surface area is 164 Å². The molecule has 0 atom stereocenters. The number of benzene rings is 2. The number of hydrogen-bond donors (Lipinski definition) is 1. The number of methoxy groups -OCH3 is 1. The fraction of sp³-hybridized carbons (Fsp3) is 0.278. The molecule has 0 heterocycles. The third-order valence-corrected chi connectivity index (χ3v) is 4.84. The van der Waals surface area contributed by atoms with Crippen LogP contribution in [0.15, 0.2) is 47.4 Å². The van der Waals surface area contributed by atoms with Crippen molar-refractivity contribution in [2.45, 2.75) is 11.1 Å². The molecule has 0 aliphatic carbocycles. The Morgan fingerprint density at radius 3 is 2.59 bits per heavy atom. The number of amides is 1. The predicted octanol–water partition coefficient (Wildman–Crippen LogP) is 5.11. The topological polar surface area (TPSA) is 47.6 Å². The average Bonchev–Trinajstić information content (AvgIpc) is 2.61. The maximum atomic E-state index is 13.0. The summed E-state index contributed by atoms with van der Waals surface area (Å²) < 4.78 is 49.1. The van der Waals surface area contributed by atoms with Crippen LogP contribution in [0.4, 0.5) is 18.9 Å². The van der Waals surface area contributed by atoms with Gasteiger partial charge < -0.3 is 14.8 Å². The maximum absolute atomic E-state index is 13.0. The molecule has 0 aliphatic rings. The van der Waals surface area contributed by atoms with E-state index in [2.05, 4.69) is 5.32 Å². The molecule has 0 fully saturated rings. The molecular weight excluding hydrogens is 403 g/mol. The molecule has 0 spiro atoms. The van der Waals surface area contributed by atoms with Gasteiger partial charge in [0.25, 0.3) is 0 Å². The molecule has 2 aromatic carbocycles. The number of ether oxygens (including phenoxy) is 2. The summed E-state index contributed by atoms with van der Waals surface area (Å²) in [6.45, 7) is 0.399. The Kier molecular flexibility index (Phi) is 7.82. The molecule has 0 radical (unpaired) electrons. The van der Waals surface area contributed by atoms with E-state index >= 15 is 0 Å². The van der Waals surface area contributed by atoms with Crippen LogP contribution in [-0.2, 0) is 15.7 Å². The lowest BCUT2D eigenvalue weighted by Gasteiger charge is -2.15. The first kappa shape index (κ1) is 21.4. The standard InChI is InChI=1S/C18H17ClF3NO3S/c1-25-8-9-26-15-7-6-12(18(20,21)22)10-14(15)23-17(24)11-27-16-5-3-2-4-13(16)19/h2-7,10H,8-9,11H2,1H3,(H,23,24). The van der Waals surface area contributed by atoms with Gasteiger partial charge in [-0.3, -0.25) is 4.79 Å². The van der Waals surface area contributed by atoms with Gasteiger partial charge in [-0.1, -0.05) is 23.7 Å². The second kappa shape index (κ2) is 9.87. The zero-order valence-electron chi connectivity index (χ0n) is 14.3. The van der Waals surface area contributed by atoms with Gasteiger partial charge in [-0.2, -0.15) is 13.2 Å². The van der Waals surface area contributed by atoms with E-state index in [0.717, 1.165) is 12.1 Å². The molecule has 0 saturated heterocycles. The summed E-state index contributed by atoms with van der Waals surface area (Å²) in [5.41, 5.74) is -0.929. The van der Waals surface area contributed by atoms with Crippen LogP contribution in [0, 0.1) is 0 Å². The number of rotatable bonds is 8. The van der Waals surface area contributed by atoms with E-state index < -0.39 is 17.6 Å². The molecule has 0 aliphatic heterocycles. The number of carbonyl (C=O) groups excluding carboxylic acids is 1. The van der Waals surface area contributed by atoms with Gasteiger partial charge in [0.2, 0.25) is 5.91 Å².